The largest absolute Gasteiger partial charge is 0.494 e. The van der Waals surface area contributed by atoms with Crippen LogP contribution in [0.3, 0.4) is 0 Å². The van der Waals surface area contributed by atoms with Crippen molar-refractivity contribution in [2.75, 3.05) is 11.5 Å². The Kier molecular flexibility index (Phi) is 6.94. The third-order valence-electron chi connectivity index (χ3n) is 5.03. The van der Waals surface area contributed by atoms with Gasteiger partial charge >= 0.3 is 6.03 Å². The fourth-order valence-electron chi connectivity index (χ4n) is 3.39. The molecule has 172 valence electrons. The Balaban J connectivity index is 1.56. The van der Waals surface area contributed by atoms with Gasteiger partial charge in [0.05, 0.1) is 12.3 Å². The minimum atomic E-state index is -0.812. The van der Waals surface area contributed by atoms with Gasteiger partial charge in [0.15, 0.2) is 0 Å². The van der Waals surface area contributed by atoms with Gasteiger partial charge in [0.25, 0.3) is 11.8 Å². The lowest BCUT2D eigenvalue weighted by atomic mass is 10.1. The smallest absolute Gasteiger partial charge is 0.335 e. The number of hydrogen-bond donors (Lipinski definition) is 1. The van der Waals surface area contributed by atoms with Crippen molar-refractivity contribution in [1.29, 1.82) is 0 Å². The number of hydrogen-bond acceptors (Lipinski definition) is 5. The number of anilines is 1. The molecule has 0 unspecified atom stereocenters. The summed E-state index contributed by atoms with van der Waals surface area (Å²) in [4.78, 5) is 38.9. The van der Waals surface area contributed by atoms with Crippen LogP contribution in [-0.4, -0.2) is 24.5 Å². The van der Waals surface area contributed by atoms with Gasteiger partial charge in [-0.25, -0.2) is 9.69 Å². The van der Waals surface area contributed by atoms with Crippen molar-refractivity contribution >= 4 is 41.2 Å². The Morgan fingerprint density at radius 1 is 0.912 bits per heavy atom. The van der Waals surface area contributed by atoms with Gasteiger partial charge in [-0.05, 0) is 61.0 Å². The molecule has 4 rings (SSSR count). The number of ether oxygens (including phenoxy) is 2. The summed E-state index contributed by atoms with van der Waals surface area (Å²) in [6.45, 7) is 2.61. The number of carbonyl (C=O) groups excluding carboxylic acids is 3. The number of rotatable bonds is 7. The zero-order valence-electron chi connectivity index (χ0n) is 18.3. The molecule has 7 nitrogen and oxygen atoms in total. The molecule has 1 fully saturated rings. The van der Waals surface area contributed by atoms with E-state index in [0.29, 0.717) is 34.4 Å². The molecule has 1 aliphatic heterocycles. The normalized spacial score (nSPS) is 14.8. The van der Waals surface area contributed by atoms with Crippen LogP contribution < -0.4 is 19.7 Å². The minimum Gasteiger partial charge on any atom is -0.494 e. The molecule has 0 saturated carbocycles. The molecule has 3 aromatic rings. The fraction of sp³-hybridized carbons (Fsp3) is 0.115. The molecule has 0 aliphatic carbocycles. The second kappa shape index (κ2) is 10.2. The summed E-state index contributed by atoms with van der Waals surface area (Å²) in [7, 11) is 0. The maximum Gasteiger partial charge on any atom is 0.335 e. The Labute approximate surface area is 201 Å². The van der Waals surface area contributed by atoms with Crippen molar-refractivity contribution in [2.45, 2.75) is 13.5 Å². The number of nitrogens with zero attached hydrogens (tertiary/aromatic N) is 1. The first-order chi connectivity index (χ1) is 16.5. The van der Waals surface area contributed by atoms with E-state index < -0.39 is 17.8 Å². The molecule has 34 heavy (non-hydrogen) atoms. The lowest BCUT2D eigenvalue weighted by Gasteiger charge is -2.26. The number of nitrogens with one attached hydrogen (secondary N) is 1. The van der Waals surface area contributed by atoms with Crippen molar-refractivity contribution in [3.05, 3.63) is 94.5 Å². The molecule has 1 aliphatic rings. The Bertz CT molecular complexity index is 1270. The highest BCUT2D eigenvalue weighted by Gasteiger charge is 2.36. The summed E-state index contributed by atoms with van der Waals surface area (Å²) in [5.41, 5.74) is 1.55. The van der Waals surface area contributed by atoms with Gasteiger partial charge in [0, 0.05) is 10.6 Å². The molecule has 0 aromatic heterocycles. The van der Waals surface area contributed by atoms with Gasteiger partial charge in [-0.15, -0.1) is 0 Å². The number of imide groups is 2. The summed E-state index contributed by atoms with van der Waals surface area (Å²) in [5.74, 6) is -0.339. The predicted molar refractivity (Wildman–Crippen MR) is 129 cm³/mol. The molecule has 3 aromatic carbocycles. The first-order valence-corrected chi connectivity index (χ1v) is 10.9. The van der Waals surface area contributed by atoms with Crippen LogP contribution in [0, 0.1) is 0 Å². The van der Waals surface area contributed by atoms with Crippen LogP contribution in [0.4, 0.5) is 10.5 Å². The molecule has 1 saturated heterocycles. The molecule has 0 radical (unpaired) electrons. The fourth-order valence-corrected chi connectivity index (χ4v) is 3.58. The van der Waals surface area contributed by atoms with E-state index in [-0.39, 0.29) is 12.2 Å². The van der Waals surface area contributed by atoms with E-state index in [9.17, 15) is 14.4 Å². The van der Waals surface area contributed by atoms with Crippen molar-refractivity contribution < 1.29 is 23.9 Å². The van der Waals surface area contributed by atoms with E-state index in [1.807, 2.05) is 25.1 Å². The average Bonchev–Trinajstić information content (AvgIpc) is 2.83. The van der Waals surface area contributed by atoms with Crippen molar-refractivity contribution in [2.24, 2.45) is 0 Å². The molecule has 0 atom stereocenters. The molecular formula is C26H21ClN2O5. The SMILES string of the molecule is CCOc1ccc(N2C(=O)NC(=O)/C(=C/c3cccc(OCc4ccccc4Cl)c3)C2=O)cc1. The number of barbiturate groups is 1. The van der Waals surface area contributed by atoms with E-state index in [2.05, 4.69) is 5.32 Å². The number of amides is 4. The second-order valence-corrected chi connectivity index (χ2v) is 7.74. The van der Waals surface area contributed by atoms with E-state index in [1.165, 1.54) is 6.08 Å². The maximum absolute atomic E-state index is 13.1. The monoisotopic (exact) mass is 476 g/mol. The summed E-state index contributed by atoms with van der Waals surface area (Å²) in [6.07, 6.45) is 1.42. The zero-order valence-corrected chi connectivity index (χ0v) is 19.0. The molecule has 4 amide bonds. The number of carbonyl (C=O) groups is 3. The highest BCUT2D eigenvalue weighted by Crippen LogP contribution is 2.25. The van der Waals surface area contributed by atoms with Gasteiger partial charge in [-0.2, -0.15) is 0 Å². The summed E-state index contributed by atoms with van der Waals surface area (Å²) in [5, 5.41) is 2.82. The van der Waals surface area contributed by atoms with Crippen LogP contribution in [0.2, 0.25) is 5.02 Å². The Morgan fingerprint density at radius 2 is 1.68 bits per heavy atom. The van der Waals surface area contributed by atoms with Crippen LogP contribution in [-0.2, 0) is 16.2 Å². The third kappa shape index (κ3) is 5.10. The molecule has 8 heteroatoms. The first-order valence-electron chi connectivity index (χ1n) is 10.6. The predicted octanol–water partition coefficient (Wildman–Crippen LogP) is 4.98. The molecule has 0 spiro atoms. The average molecular weight is 477 g/mol. The minimum absolute atomic E-state index is 0.170. The molecule has 1 N–H and O–H groups in total. The second-order valence-electron chi connectivity index (χ2n) is 7.34. The number of urea groups is 1. The third-order valence-corrected chi connectivity index (χ3v) is 5.40. The van der Waals surface area contributed by atoms with E-state index in [0.717, 1.165) is 10.5 Å². The van der Waals surface area contributed by atoms with Crippen LogP contribution >= 0.6 is 11.6 Å². The maximum atomic E-state index is 13.1. The quantitative estimate of drug-likeness (QED) is 0.384. The highest BCUT2D eigenvalue weighted by molar-refractivity contribution is 6.39. The lowest BCUT2D eigenvalue weighted by Crippen LogP contribution is -2.54. The number of benzene rings is 3. The molecular weight excluding hydrogens is 456 g/mol. The summed E-state index contributed by atoms with van der Waals surface area (Å²) >= 11 is 6.17. The van der Waals surface area contributed by atoms with Gasteiger partial charge in [0.2, 0.25) is 0 Å². The summed E-state index contributed by atoms with van der Waals surface area (Å²) < 4.78 is 11.2. The zero-order chi connectivity index (χ0) is 24.1. The van der Waals surface area contributed by atoms with E-state index in [4.69, 9.17) is 21.1 Å². The van der Waals surface area contributed by atoms with E-state index >= 15 is 0 Å². The van der Waals surface area contributed by atoms with Crippen LogP contribution in [0.25, 0.3) is 6.08 Å². The Hall–Kier alpha value is -4.10. The van der Waals surface area contributed by atoms with Gasteiger partial charge in [-0.1, -0.05) is 41.9 Å². The molecule has 0 bridgehead atoms. The standard InChI is InChI=1S/C26H21ClN2O5/c1-2-33-20-12-10-19(11-13-20)29-25(31)22(24(30)28-26(29)32)15-17-6-5-8-21(14-17)34-16-18-7-3-4-9-23(18)27/h3-15H,2,16H2,1H3,(H,28,30,32)/b22-15-. The topological polar surface area (TPSA) is 84.9 Å². The molecule has 1 heterocycles. The van der Waals surface area contributed by atoms with Crippen molar-refractivity contribution in [3.8, 4) is 11.5 Å². The van der Waals surface area contributed by atoms with Crippen molar-refractivity contribution in [1.82, 2.24) is 5.32 Å². The van der Waals surface area contributed by atoms with E-state index in [1.54, 1.807) is 54.6 Å². The summed E-state index contributed by atoms with van der Waals surface area (Å²) in [6, 6.07) is 19.9. The van der Waals surface area contributed by atoms with Crippen LogP contribution in [0.5, 0.6) is 11.5 Å². The number of halogens is 1. The van der Waals surface area contributed by atoms with Gasteiger partial charge in [0.1, 0.15) is 23.7 Å². The van der Waals surface area contributed by atoms with Crippen LogP contribution in [0.1, 0.15) is 18.1 Å². The first kappa shape index (κ1) is 23.1. The highest BCUT2D eigenvalue weighted by atomic mass is 35.5. The van der Waals surface area contributed by atoms with Gasteiger partial charge < -0.3 is 9.47 Å². The Morgan fingerprint density at radius 3 is 2.41 bits per heavy atom. The lowest BCUT2D eigenvalue weighted by molar-refractivity contribution is -0.122. The van der Waals surface area contributed by atoms with Crippen molar-refractivity contribution in [3.63, 3.8) is 0 Å². The van der Waals surface area contributed by atoms with Gasteiger partial charge in [-0.3, -0.25) is 14.9 Å². The van der Waals surface area contributed by atoms with Crippen LogP contribution in [0.15, 0.2) is 78.4 Å².